The normalized spacial score (nSPS) is 19.7. The second-order valence-electron chi connectivity index (χ2n) is 9.99. The Kier molecular flexibility index (Phi) is 5.75. The molecular weight excluding hydrogens is 524 g/mol. The summed E-state index contributed by atoms with van der Waals surface area (Å²) in [6.45, 7) is 1.71. The van der Waals surface area contributed by atoms with Crippen molar-refractivity contribution in [2.24, 2.45) is 18.9 Å². The average molecular weight is 548 g/mol. The molecule has 2 fully saturated rings. The van der Waals surface area contributed by atoms with E-state index >= 15 is 0 Å². The summed E-state index contributed by atoms with van der Waals surface area (Å²) in [5.41, 5.74) is -0.0486. The van der Waals surface area contributed by atoms with Crippen molar-refractivity contribution in [1.29, 1.82) is 5.26 Å². The van der Waals surface area contributed by atoms with Crippen LogP contribution < -0.4 is 21.5 Å². The minimum atomic E-state index is -2.55. The van der Waals surface area contributed by atoms with Gasteiger partial charge in [0.1, 0.15) is 24.2 Å². The number of carbonyl (C=O) groups is 1. The van der Waals surface area contributed by atoms with Crippen molar-refractivity contribution in [2.45, 2.75) is 25.4 Å². The first-order valence-corrected chi connectivity index (χ1v) is 12.5. The third-order valence-corrected chi connectivity index (χ3v) is 7.65. The molecule has 1 saturated heterocycles. The summed E-state index contributed by atoms with van der Waals surface area (Å²) in [7, 11) is 1.43. The van der Waals surface area contributed by atoms with E-state index in [0.29, 0.717) is 17.1 Å². The minimum Gasteiger partial charge on any atom is -0.356 e. The monoisotopic (exact) mass is 547 g/mol. The maximum Gasteiger partial charge on any atom is 0.333 e. The molecule has 4 aromatic heterocycles. The number of fused-ring (bicyclic) bond motifs is 2. The molecule has 0 bridgehead atoms. The molecule has 1 aliphatic carbocycles. The summed E-state index contributed by atoms with van der Waals surface area (Å²) in [5, 5.41) is 11.8. The van der Waals surface area contributed by atoms with Crippen LogP contribution in [0.3, 0.4) is 0 Å². The Hall–Kier alpha value is -4.93. The highest BCUT2D eigenvalue weighted by Gasteiger charge is 2.71. The molecule has 0 radical (unpaired) electrons. The third kappa shape index (κ3) is 3.93. The van der Waals surface area contributed by atoms with E-state index in [4.69, 9.17) is 5.26 Å². The largest absolute Gasteiger partial charge is 0.356 e. The van der Waals surface area contributed by atoms with Crippen LogP contribution in [0.15, 0.2) is 52.4 Å². The fourth-order valence-corrected chi connectivity index (χ4v) is 5.23. The number of rotatable bonds is 6. The minimum absolute atomic E-state index is 0.0203. The number of alkyl halides is 2. The molecule has 14 heteroatoms. The number of halogens is 2. The van der Waals surface area contributed by atoms with Gasteiger partial charge in [0.15, 0.2) is 11.2 Å². The van der Waals surface area contributed by atoms with Crippen molar-refractivity contribution >= 4 is 28.7 Å². The van der Waals surface area contributed by atoms with Gasteiger partial charge in [0.05, 0.1) is 29.9 Å². The number of aromatic nitrogens is 6. The lowest BCUT2D eigenvalue weighted by Gasteiger charge is -2.20. The zero-order valence-corrected chi connectivity index (χ0v) is 21.5. The standard InChI is InChI=1S/C26H23F2N9O3/c1-14(37-13-31-22-21(37)24(39)36(9-8-29)25(40)34(22)2)23(38)33-19-5-3-4-18(32-19)15-6-7-20(30-10-15)35-11-16-17(12-35)26(16,27)28/h3-7,10,13-14,16-17H,9,11-12H2,1-2H3,(H,32,33,38). The first kappa shape index (κ1) is 25.4. The van der Waals surface area contributed by atoms with Gasteiger partial charge in [-0.2, -0.15) is 5.26 Å². The second-order valence-corrected chi connectivity index (χ2v) is 9.99. The quantitative estimate of drug-likeness (QED) is 0.385. The summed E-state index contributed by atoms with van der Waals surface area (Å²) in [5.74, 6) is -3.33. The number of nitrogens with one attached hydrogen (secondary N) is 1. The lowest BCUT2D eigenvalue weighted by molar-refractivity contribution is -0.118. The van der Waals surface area contributed by atoms with Gasteiger partial charge in [0.25, 0.3) is 11.5 Å². The van der Waals surface area contributed by atoms with Gasteiger partial charge in [-0.15, -0.1) is 0 Å². The van der Waals surface area contributed by atoms with Gasteiger partial charge in [0, 0.05) is 31.9 Å². The van der Waals surface area contributed by atoms with Crippen molar-refractivity contribution in [1.82, 2.24) is 28.7 Å². The Morgan fingerprint density at radius 2 is 1.95 bits per heavy atom. The number of imidazole rings is 1. The van der Waals surface area contributed by atoms with Gasteiger partial charge in [-0.25, -0.2) is 33.1 Å². The first-order chi connectivity index (χ1) is 19.1. The number of nitrogens with zero attached hydrogens (tertiary/aromatic N) is 8. The molecule has 3 unspecified atom stereocenters. The number of amides is 1. The Labute approximate surface area is 225 Å². The van der Waals surface area contributed by atoms with Crippen molar-refractivity contribution < 1.29 is 13.6 Å². The number of hydrogen-bond acceptors (Lipinski definition) is 8. The number of anilines is 2. The smallest absolute Gasteiger partial charge is 0.333 e. The van der Waals surface area contributed by atoms with E-state index in [1.54, 1.807) is 49.5 Å². The van der Waals surface area contributed by atoms with Crippen LogP contribution in [0, 0.1) is 23.2 Å². The summed E-state index contributed by atoms with van der Waals surface area (Å²) in [6.07, 6.45) is 2.91. The van der Waals surface area contributed by atoms with Gasteiger partial charge in [-0.3, -0.25) is 14.2 Å². The number of pyridine rings is 2. The van der Waals surface area contributed by atoms with Gasteiger partial charge in [0.2, 0.25) is 5.91 Å². The van der Waals surface area contributed by atoms with Crippen LogP contribution in [0.2, 0.25) is 0 Å². The highest BCUT2D eigenvalue weighted by Crippen LogP contribution is 2.59. The van der Waals surface area contributed by atoms with Crippen LogP contribution in [-0.4, -0.2) is 53.6 Å². The lowest BCUT2D eigenvalue weighted by Crippen LogP contribution is -2.40. The average Bonchev–Trinajstić information content (AvgIpc) is 3.38. The Morgan fingerprint density at radius 3 is 2.62 bits per heavy atom. The maximum absolute atomic E-state index is 13.5. The van der Waals surface area contributed by atoms with Gasteiger partial charge < -0.3 is 14.8 Å². The van der Waals surface area contributed by atoms with Gasteiger partial charge >= 0.3 is 5.69 Å². The Balaban J connectivity index is 1.20. The van der Waals surface area contributed by atoms with Gasteiger partial charge in [-0.05, 0) is 31.2 Å². The zero-order valence-electron chi connectivity index (χ0n) is 21.5. The van der Waals surface area contributed by atoms with Crippen LogP contribution in [0.1, 0.15) is 13.0 Å². The lowest BCUT2D eigenvalue weighted by atomic mass is 10.2. The van der Waals surface area contributed by atoms with Crippen LogP contribution in [0.5, 0.6) is 0 Å². The number of piperidine rings is 1. The Bertz CT molecular complexity index is 1810. The maximum atomic E-state index is 13.5. The van der Waals surface area contributed by atoms with E-state index in [0.717, 1.165) is 9.13 Å². The second kappa shape index (κ2) is 9.08. The molecule has 1 amide bonds. The van der Waals surface area contributed by atoms with Gasteiger partial charge in [-0.1, -0.05) is 6.07 Å². The zero-order chi connectivity index (χ0) is 28.3. The van der Waals surface area contributed by atoms with E-state index in [9.17, 15) is 23.2 Å². The summed E-state index contributed by atoms with van der Waals surface area (Å²) in [6, 6.07) is 9.54. The molecular formula is C26H23F2N9O3. The fraction of sp³-hybridized carbons (Fsp3) is 0.346. The van der Waals surface area contributed by atoms with Crippen LogP contribution in [-0.2, 0) is 18.4 Å². The fourth-order valence-electron chi connectivity index (χ4n) is 5.23. The topological polar surface area (TPSA) is 144 Å². The molecule has 6 rings (SSSR count). The number of carbonyl (C=O) groups excluding carboxylic acids is 1. The molecule has 1 aliphatic heterocycles. The SMILES string of the molecule is CC(C(=O)Nc1cccc(-c2ccc(N3CC4C(C3)C4(F)F)nc2)n1)n1cnc2c1c(=O)n(CC#N)c(=O)n2C. The van der Waals surface area contributed by atoms with Crippen LogP contribution in [0.4, 0.5) is 20.4 Å². The molecule has 5 heterocycles. The Morgan fingerprint density at radius 1 is 1.20 bits per heavy atom. The van der Waals surface area contributed by atoms with E-state index in [1.165, 1.54) is 17.9 Å². The highest BCUT2D eigenvalue weighted by molar-refractivity contribution is 5.93. The molecule has 12 nitrogen and oxygen atoms in total. The number of aryl methyl sites for hydroxylation is 1. The van der Waals surface area contributed by atoms with Crippen molar-refractivity contribution in [3.05, 3.63) is 63.7 Å². The molecule has 4 aromatic rings. The molecule has 2 aliphatic rings. The molecule has 3 atom stereocenters. The van der Waals surface area contributed by atoms with E-state index < -0.39 is 47.5 Å². The predicted molar refractivity (Wildman–Crippen MR) is 140 cm³/mol. The third-order valence-electron chi connectivity index (χ3n) is 7.65. The predicted octanol–water partition coefficient (Wildman–Crippen LogP) is 1.78. The number of hydrogen-bond donors (Lipinski definition) is 1. The molecule has 1 saturated carbocycles. The molecule has 1 N–H and O–H groups in total. The highest BCUT2D eigenvalue weighted by atomic mass is 19.3. The summed E-state index contributed by atoms with van der Waals surface area (Å²) < 4.78 is 30.3. The molecule has 0 spiro atoms. The van der Waals surface area contributed by atoms with Crippen molar-refractivity contribution in [2.75, 3.05) is 23.3 Å². The van der Waals surface area contributed by atoms with E-state index in [2.05, 4.69) is 20.3 Å². The first-order valence-electron chi connectivity index (χ1n) is 12.5. The number of nitriles is 1. The molecule has 204 valence electrons. The van der Waals surface area contributed by atoms with Crippen molar-refractivity contribution in [3.8, 4) is 17.3 Å². The molecule has 0 aromatic carbocycles. The van der Waals surface area contributed by atoms with E-state index in [-0.39, 0.29) is 30.1 Å². The van der Waals surface area contributed by atoms with E-state index in [1.807, 2.05) is 4.90 Å². The molecule has 40 heavy (non-hydrogen) atoms. The summed E-state index contributed by atoms with van der Waals surface area (Å²) >= 11 is 0. The summed E-state index contributed by atoms with van der Waals surface area (Å²) in [4.78, 5) is 53.5. The van der Waals surface area contributed by atoms with Crippen molar-refractivity contribution in [3.63, 3.8) is 0 Å². The van der Waals surface area contributed by atoms with Crippen LogP contribution in [0.25, 0.3) is 22.4 Å². The van der Waals surface area contributed by atoms with Crippen LogP contribution >= 0.6 is 0 Å².